The zero-order valence-corrected chi connectivity index (χ0v) is 81.3. The molecule has 134 heavy (non-hydrogen) atoms. The lowest BCUT2D eigenvalue weighted by molar-refractivity contribution is -0.385. The summed E-state index contributed by atoms with van der Waals surface area (Å²) in [6, 6.07) is 38.5. The number of anilines is 2. The lowest BCUT2D eigenvalue weighted by Gasteiger charge is -2.39. The van der Waals surface area contributed by atoms with Crippen LogP contribution in [0.25, 0.3) is 33.2 Å². The van der Waals surface area contributed by atoms with Gasteiger partial charge in [-0.05, 0) is 233 Å². The summed E-state index contributed by atoms with van der Waals surface area (Å²) in [4.78, 5) is 78.6. The van der Waals surface area contributed by atoms with Gasteiger partial charge in [0.05, 0.1) is 43.2 Å². The number of amides is 2. The van der Waals surface area contributed by atoms with Crippen LogP contribution < -0.4 is 28.7 Å². The van der Waals surface area contributed by atoms with Gasteiger partial charge in [-0.2, -0.15) is 13.2 Å². The molecule has 0 radical (unpaired) electrons. The van der Waals surface area contributed by atoms with Gasteiger partial charge in [0.15, 0.2) is 0 Å². The molecule has 35 heteroatoms. The summed E-state index contributed by atoms with van der Waals surface area (Å²) < 4.78 is 115. The summed E-state index contributed by atoms with van der Waals surface area (Å²) in [5.74, 6) is -1.14. The lowest BCUT2D eigenvalue weighted by atomic mass is 9.72. The van der Waals surface area contributed by atoms with E-state index >= 15 is 0 Å². The number of aromatic nitrogens is 4. The molecule has 0 bridgehead atoms. The van der Waals surface area contributed by atoms with Crippen molar-refractivity contribution in [2.75, 3.05) is 139 Å². The van der Waals surface area contributed by atoms with Gasteiger partial charge in [-0.15, -0.1) is 26.4 Å². The van der Waals surface area contributed by atoms with Crippen molar-refractivity contribution in [3.05, 3.63) is 245 Å². The Kier molecular flexibility index (Phi) is 28.6. The van der Waals surface area contributed by atoms with Crippen molar-refractivity contribution < 1.29 is 58.9 Å². The van der Waals surface area contributed by atoms with Crippen molar-refractivity contribution in [1.82, 2.24) is 49.0 Å². The van der Waals surface area contributed by atoms with E-state index in [2.05, 4.69) is 120 Å². The zero-order chi connectivity index (χ0) is 95.0. The van der Waals surface area contributed by atoms with Crippen molar-refractivity contribution in [1.29, 1.82) is 0 Å². The standard InChI is InChI=1S/C50H59ClN7O6PS.C49H56ClF3N7O6PS/c1-49(2)16-13-38(44(32-49)35-5-8-39(51)9-6-35)34-55-21-23-56(24-22-55)40-10-12-43(46(30-40)64-41-29-37-15-20-52-47(37)53-33-41)48(59)54-66(62,63)42-11-7-36(45(31-42)58(60)61)14-17-50(18-19-50)57-25-27-65(3,4)28-26-57;1-48(2)17-15-36(42(30-48)33-5-9-37(50)10-6-33)32-57-19-21-58(22-20-57)38-11-13-41(44(28-38)66-39-27-35-16-18-54-46(35)55-31-39)47(61)56-68(64,65)40-12-7-34(43(29-40)60(62)63)8-14-45(49(51,52)53)59-23-25-67(3,4)26-24-59/h5-12,15,20,29-31,33H,3,13-14,16-19,21-28,32,34H2,1-2,4H3,(H,52,53)(H,54,59);5-7,9-13,16,18,27-29,31,45H,3,8,14-15,17,19-26,30,32H2,1-2,4H3,(H,54,55)(H,56,61). The molecule has 4 N–H and O–H groups in total. The van der Waals surface area contributed by atoms with Gasteiger partial charge in [-0.1, -0.05) is 98.4 Å². The van der Waals surface area contributed by atoms with Gasteiger partial charge < -0.3 is 29.2 Å². The van der Waals surface area contributed by atoms with E-state index in [0.29, 0.717) is 59.5 Å². The Morgan fingerprint density at radius 3 is 1.36 bits per heavy atom. The molecular weight excluding hydrogens is 1830 g/mol. The van der Waals surface area contributed by atoms with Crippen LogP contribution in [0.2, 0.25) is 10.0 Å². The fourth-order valence-electron chi connectivity index (χ4n) is 19.4. The number of carbonyl (C=O) groups excluding carboxylic acids is 2. The minimum Gasteiger partial charge on any atom is -0.455 e. The van der Waals surface area contributed by atoms with Crippen molar-refractivity contribution in [2.45, 2.75) is 132 Å². The Morgan fingerprint density at radius 1 is 0.545 bits per heavy atom. The van der Waals surface area contributed by atoms with Crippen LogP contribution in [0.15, 0.2) is 191 Å². The number of fused-ring (bicyclic) bond motifs is 2. The average Bonchev–Trinajstić information content (AvgIpc) is 1.60. The van der Waals surface area contributed by atoms with E-state index in [1.54, 1.807) is 67.1 Å². The number of carbonyl (C=O) groups is 2. The van der Waals surface area contributed by atoms with Crippen LogP contribution in [0.1, 0.15) is 135 Å². The molecule has 10 aromatic rings. The number of H-pyrrole nitrogens is 2. The fraction of sp³-hybridized carbons (Fsp3) is 0.414. The van der Waals surface area contributed by atoms with Gasteiger partial charge in [-0.3, -0.25) is 49.4 Å². The molecular formula is C99H115Cl2F3N14O12P2S2. The van der Waals surface area contributed by atoms with Crippen LogP contribution in [0.3, 0.4) is 0 Å². The number of benzene rings is 6. The van der Waals surface area contributed by atoms with E-state index in [1.165, 1.54) is 62.7 Å². The number of ether oxygens (including phenoxy) is 2. The predicted octanol–water partition coefficient (Wildman–Crippen LogP) is 19.8. The summed E-state index contributed by atoms with van der Waals surface area (Å²) >= 11 is 12.5. The Bertz CT molecular complexity index is 6530. The van der Waals surface area contributed by atoms with Crippen LogP contribution in [0, 0.1) is 31.1 Å². The average molecular weight is 1950 g/mol. The van der Waals surface area contributed by atoms with E-state index in [4.69, 9.17) is 32.7 Å². The van der Waals surface area contributed by atoms with Crippen LogP contribution >= 0.6 is 37.0 Å². The smallest absolute Gasteiger partial charge is 0.404 e. The number of rotatable bonds is 28. The fourth-order valence-corrected chi connectivity index (χ4v) is 25.0. The first-order valence-electron chi connectivity index (χ1n) is 45.6. The summed E-state index contributed by atoms with van der Waals surface area (Å²) in [6.07, 6.45) is 22.8. The first-order chi connectivity index (χ1) is 63.6. The highest BCUT2D eigenvalue weighted by Crippen LogP contribution is 2.53. The molecule has 2 amide bonds. The maximum atomic E-state index is 14.3. The van der Waals surface area contributed by atoms with Gasteiger partial charge in [0.2, 0.25) is 0 Å². The minimum absolute atomic E-state index is 0.0168. The number of piperazine rings is 2. The number of nitro groups is 2. The van der Waals surface area contributed by atoms with Gasteiger partial charge in [0.25, 0.3) is 43.2 Å². The summed E-state index contributed by atoms with van der Waals surface area (Å²) in [5, 5.41) is 27.6. The first-order valence-corrected chi connectivity index (χ1v) is 54.9. The molecule has 1 unspecified atom stereocenters. The second kappa shape index (κ2) is 39.5. The molecule has 4 saturated heterocycles. The Balaban J connectivity index is 0.000000195. The van der Waals surface area contributed by atoms with Gasteiger partial charge in [0.1, 0.15) is 40.3 Å². The van der Waals surface area contributed by atoms with Crippen molar-refractivity contribution >= 4 is 137 Å². The molecule has 0 spiro atoms. The molecule has 3 aliphatic carbocycles. The van der Waals surface area contributed by atoms with Crippen LogP contribution in [0.5, 0.6) is 23.0 Å². The molecule has 4 aliphatic heterocycles. The Hall–Kier alpha value is -10.2. The number of nitrogens with zero attached hydrogens (tertiary/aromatic N) is 10. The molecule has 7 aliphatic rings. The largest absolute Gasteiger partial charge is 0.455 e. The molecule has 17 rings (SSSR count). The first kappa shape index (κ1) is 96.9. The quantitative estimate of drug-likeness (QED) is 0.0201. The number of pyridine rings is 2. The number of hydrogen-bond donors (Lipinski definition) is 4. The number of nitro benzene ring substituents is 2. The lowest BCUT2D eigenvalue weighted by Crippen LogP contribution is -2.50. The third-order valence-electron chi connectivity index (χ3n) is 27.8. The van der Waals surface area contributed by atoms with Crippen LogP contribution in [-0.2, 0) is 32.9 Å². The number of aromatic amines is 2. The maximum absolute atomic E-state index is 14.3. The summed E-state index contributed by atoms with van der Waals surface area (Å²) in [7, 11) is -9.29. The van der Waals surface area contributed by atoms with E-state index in [-0.39, 0.29) is 80.4 Å². The van der Waals surface area contributed by atoms with Crippen molar-refractivity contribution in [2.24, 2.45) is 10.8 Å². The zero-order valence-electron chi connectivity index (χ0n) is 76.3. The van der Waals surface area contributed by atoms with Crippen molar-refractivity contribution in [3.8, 4) is 23.0 Å². The van der Waals surface area contributed by atoms with Crippen LogP contribution in [0.4, 0.5) is 35.9 Å². The molecule has 26 nitrogen and oxygen atoms in total. The molecule has 1 atom stereocenters. The summed E-state index contributed by atoms with van der Waals surface area (Å²) in [5.41, 5.74) is 10.8. The van der Waals surface area contributed by atoms with Gasteiger partial charge in [-0.25, -0.2) is 36.2 Å². The predicted molar refractivity (Wildman–Crippen MR) is 531 cm³/mol. The molecule has 710 valence electrons. The van der Waals surface area contributed by atoms with E-state index in [9.17, 15) is 59.8 Å². The number of halogens is 5. The topological polar surface area (TPSA) is 308 Å². The molecule has 5 fully saturated rings. The number of nitrogens with one attached hydrogen (secondary N) is 4. The number of sulfonamides is 2. The Labute approximate surface area is 790 Å². The molecule has 8 heterocycles. The Morgan fingerprint density at radius 2 is 0.955 bits per heavy atom. The monoisotopic (exact) mass is 1940 g/mol. The highest BCUT2D eigenvalue weighted by Gasteiger charge is 2.49. The van der Waals surface area contributed by atoms with E-state index < -0.39 is 84.7 Å². The number of alkyl halides is 3. The van der Waals surface area contributed by atoms with Gasteiger partial charge in [0, 0.05) is 177 Å². The maximum Gasteiger partial charge on any atom is 0.404 e. The number of aryl methyl sites for hydroxylation is 2. The molecule has 4 aromatic heterocycles. The van der Waals surface area contributed by atoms with E-state index in [1.807, 2.05) is 41.7 Å². The van der Waals surface area contributed by atoms with Gasteiger partial charge >= 0.3 is 6.18 Å². The summed E-state index contributed by atoms with van der Waals surface area (Å²) in [6.45, 7) is 21.2. The second-order valence-electron chi connectivity index (χ2n) is 39.1. The van der Waals surface area contributed by atoms with E-state index in [0.717, 1.165) is 187 Å². The minimum atomic E-state index is -4.75. The normalized spacial score (nSPS) is 19.2. The van der Waals surface area contributed by atoms with Crippen LogP contribution in [-0.4, -0.2) is 238 Å². The van der Waals surface area contributed by atoms with Crippen molar-refractivity contribution in [3.63, 3.8) is 0 Å². The molecule has 6 aromatic carbocycles. The third kappa shape index (κ3) is 23.4. The second-order valence-corrected chi connectivity index (χ2v) is 51.6. The number of allylic oxidation sites excluding steroid dienone is 2. The third-order valence-corrected chi connectivity index (χ3v) is 36.1. The highest BCUT2D eigenvalue weighted by molar-refractivity contribution is 7.90. The number of hydrogen-bond acceptors (Lipinski definition) is 20. The highest BCUT2D eigenvalue weighted by atomic mass is 35.5. The SMILES string of the molecule is C=P1(C)CCN(C(CCc2ccc(S(=O)(=O)NC(=O)c3ccc(N4CCN(CC5=C(c6ccc(Cl)cc6)CC(C)(C)CC5)CC4)cc3Oc3cnc4[nH]ccc4c3)cc2[N+](=O)[O-])C(F)(F)F)CC1.C=P1(C)CCN(C2(CCc3ccc(S(=O)(=O)NC(=O)c4ccc(N5CCN(CC6=C(c7ccc(Cl)cc7)CC(C)(C)CC6)CC5)cc4Oc4cnc5[nH]ccc5c4)cc3[N+](=O)[O-])CC2)CC1. The molecule has 1 saturated carbocycles.